The predicted octanol–water partition coefficient (Wildman–Crippen LogP) is 5.59. The lowest BCUT2D eigenvalue weighted by Crippen LogP contribution is -2.20. The van der Waals surface area contributed by atoms with E-state index in [4.69, 9.17) is 9.84 Å². The van der Waals surface area contributed by atoms with Gasteiger partial charge >= 0.3 is 5.97 Å². The standard InChI is InChI=1S/C24H27FN2O3/c1-2-27-22-10-9-17(14-18(22)15-26-27)20-12-16(8-11-23(28)29)13-21(25)24(20)30-19-6-4-3-5-7-19/h9-10,12-15,19H,2-8,11H2,1H3,(H,28,29). The number of carbonyl (C=O) groups is 1. The molecule has 0 saturated heterocycles. The van der Waals surface area contributed by atoms with Crippen molar-refractivity contribution in [2.75, 3.05) is 0 Å². The first kappa shape index (κ1) is 20.4. The summed E-state index contributed by atoms with van der Waals surface area (Å²) in [4.78, 5) is 11.0. The van der Waals surface area contributed by atoms with Crippen molar-refractivity contribution in [3.63, 3.8) is 0 Å². The van der Waals surface area contributed by atoms with E-state index >= 15 is 4.39 Å². The Morgan fingerprint density at radius 1 is 1.23 bits per heavy atom. The number of rotatable bonds is 7. The van der Waals surface area contributed by atoms with Crippen LogP contribution in [0.4, 0.5) is 4.39 Å². The Hall–Kier alpha value is -2.89. The van der Waals surface area contributed by atoms with Gasteiger partial charge in [0.15, 0.2) is 11.6 Å². The van der Waals surface area contributed by atoms with Crippen LogP contribution in [0.15, 0.2) is 36.5 Å². The summed E-state index contributed by atoms with van der Waals surface area (Å²) in [5.74, 6) is -1.06. The van der Waals surface area contributed by atoms with Crippen LogP contribution in [0.25, 0.3) is 22.0 Å². The SMILES string of the molecule is CCn1ncc2cc(-c3cc(CCC(=O)O)cc(F)c3OC3CCCCC3)ccc21. The Morgan fingerprint density at radius 3 is 2.77 bits per heavy atom. The summed E-state index contributed by atoms with van der Waals surface area (Å²) in [7, 11) is 0. The molecule has 1 aliphatic carbocycles. The summed E-state index contributed by atoms with van der Waals surface area (Å²) >= 11 is 0. The van der Waals surface area contributed by atoms with Crippen molar-refractivity contribution >= 4 is 16.9 Å². The Kier molecular flexibility index (Phi) is 6.02. The van der Waals surface area contributed by atoms with Gasteiger partial charge in [-0.15, -0.1) is 0 Å². The highest BCUT2D eigenvalue weighted by atomic mass is 19.1. The fourth-order valence-electron chi connectivity index (χ4n) is 4.24. The van der Waals surface area contributed by atoms with E-state index in [0.717, 1.165) is 48.7 Å². The van der Waals surface area contributed by atoms with Crippen LogP contribution in [0.3, 0.4) is 0 Å². The van der Waals surface area contributed by atoms with E-state index in [1.807, 2.05) is 42.1 Å². The van der Waals surface area contributed by atoms with E-state index in [9.17, 15) is 4.79 Å². The monoisotopic (exact) mass is 410 g/mol. The first-order chi connectivity index (χ1) is 14.5. The molecule has 5 nitrogen and oxygen atoms in total. The Morgan fingerprint density at radius 2 is 2.03 bits per heavy atom. The molecule has 0 atom stereocenters. The molecule has 1 fully saturated rings. The van der Waals surface area contributed by atoms with Gasteiger partial charge < -0.3 is 9.84 Å². The van der Waals surface area contributed by atoms with Crippen LogP contribution in [0.2, 0.25) is 0 Å². The maximum absolute atomic E-state index is 15.2. The second kappa shape index (κ2) is 8.86. The molecule has 2 aromatic carbocycles. The predicted molar refractivity (Wildman–Crippen MR) is 114 cm³/mol. The van der Waals surface area contributed by atoms with Gasteiger partial charge in [-0.25, -0.2) is 4.39 Å². The highest BCUT2D eigenvalue weighted by Crippen LogP contribution is 2.37. The molecular weight excluding hydrogens is 383 g/mol. The Balaban J connectivity index is 1.76. The number of aliphatic carboxylic acids is 1. The van der Waals surface area contributed by atoms with Gasteiger partial charge in [-0.3, -0.25) is 9.48 Å². The zero-order valence-electron chi connectivity index (χ0n) is 17.2. The minimum atomic E-state index is -0.895. The molecule has 3 aromatic rings. The fourth-order valence-corrected chi connectivity index (χ4v) is 4.24. The molecule has 0 radical (unpaired) electrons. The van der Waals surface area contributed by atoms with Gasteiger partial charge in [0.2, 0.25) is 0 Å². The number of hydrogen-bond acceptors (Lipinski definition) is 3. The maximum Gasteiger partial charge on any atom is 0.303 e. The van der Waals surface area contributed by atoms with Crippen LogP contribution in [-0.4, -0.2) is 27.0 Å². The lowest BCUT2D eigenvalue weighted by Gasteiger charge is -2.25. The van der Waals surface area contributed by atoms with Crippen molar-refractivity contribution in [3.05, 3.63) is 47.9 Å². The van der Waals surface area contributed by atoms with Crippen molar-refractivity contribution in [1.82, 2.24) is 9.78 Å². The van der Waals surface area contributed by atoms with Gasteiger partial charge in [-0.1, -0.05) is 12.5 Å². The van der Waals surface area contributed by atoms with E-state index in [2.05, 4.69) is 5.10 Å². The van der Waals surface area contributed by atoms with E-state index in [1.54, 1.807) is 0 Å². The fraction of sp³-hybridized carbons (Fsp3) is 0.417. The van der Waals surface area contributed by atoms with Gasteiger partial charge in [0.1, 0.15) is 0 Å². The lowest BCUT2D eigenvalue weighted by molar-refractivity contribution is -0.136. The molecule has 1 aromatic heterocycles. The largest absolute Gasteiger partial charge is 0.487 e. The summed E-state index contributed by atoms with van der Waals surface area (Å²) in [5, 5.41) is 14.4. The molecule has 1 aliphatic rings. The number of halogens is 1. The number of aromatic nitrogens is 2. The van der Waals surface area contributed by atoms with Gasteiger partial charge in [0.25, 0.3) is 0 Å². The first-order valence-corrected chi connectivity index (χ1v) is 10.7. The molecule has 6 heteroatoms. The van der Waals surface area contributed by atoms with Crippen molar-refractivity contribution < 1.29 is 19.0 Å². The first-order valence-electron chi connectivity index (χ1n) is 10.7. The molecule has 1 N–H and O–H groups in total. The molecule has 158 valence electrons. The zero-order chi connectivity index (χ0) is 21.1. The van der Waals surface area contributed by atoms with Gasteiger partial charge in [-0.2, -0.15) is 5.10 Å². The second-order valence-electron chi connectivity index (χ2n) is 7.96. The smallest absolute Gasteiger partial charge is 0.303 e. The van der Waals surface area contributed by atoms with Crippen LogP contribution in [-0.2, 0) is 17.8 Å². The van der Waals surface area contributed by atoms with Crippen LogP contribution >= 0.6 is 0 Å². The number of ether oxygens (including phenoxy) is 1. The molecule has 0 spiro atoms. The summed E-state index contributed by atoms with van der Waals surface area (Å²) in [6.45, 7) is 2.82. The number of fused-ring (bicyclic) bond motifs is 1. The zero-order valence-corrected chi connectivity index (χ0v) is 17.2. The summed E-state index contributed by atoms with van der Waals surface area (Å²) in [6.07, 6.45) is 7.33. The maximum atomic E-state index is 15.2. The van der Waals surface area contributed by atoms with Crippen molar-refractivity contribution in [2.24, 2.45) is 0 Å². The third-order valence-corrected chi connectivity index (χ3v) is 5.82. The van der Waals surface area contributed by atoms with Crippen LogP contribution in [0, 0.1) is 5.82 Å². The number of carboxylic acid groups (broad SMARTS) is 1. The quantitative estimate of drug-likeness (QED) is 0.551. The summed E-state index contributed by atoms with van der Waals surface area (Å²) in [5.41, 5.74) is 3.20. The number of aryl methyl sites for hydroxylation is 2. The number of carboxylic acids is 1. The van der Waals surface area contributed by atoms with Gasteiger partial charge in [0.05, 0.1) is 17.8 Å². The lowest BCUT2D eigenvalue weighted by atomic mass is 9.96. The van der Waals surface area contributed by atoms with Crippen LogP contribution in [0.1, 0.15) is 51.0 Å². The Bertz CT molecular complexity index is 1050. The van der Waals surface area contributed by atoms with Gasteiger partial charge in [-0.05, 0) is 74.4 Å². The third kappa shape index (κ3) is 4.32. The van der Waals surface area contributed by atoms with E-state index in [-0.39, 0.29) is 24.7 Å². The van der Waals surface area contributed by atoms with Crippen molar-refractivity contribution in [2.45, 2.75) is 64.5 Å². The summed E-state index contributed by atoms with van der Waals surface area (Å²) in [6, 6.07) is 9.23. The van der Waals surface area contributed by atoms with E-state index in [0.29, 0.717) is 11.1 Å². The van der Waals surface area contributed by atoms with Crippen molar-refractivity contribution in [1.29, 1.82) is 0 Å². The molecular formula is C24H27FN2O3. The van der Waals surface area contributed by atoms with Crippen LogP contribution < -0.4 is 4.74 Å². The number of nitrogens with zero attached hydrogens (tertiary/aromatic N) is 2. The van der Waals surface area contributed by atoms with E-state index < -0.39 is 11.8 Å². The van der Waals surface area contributed by atoms with Gasteiger partial charge in [0, 0.05) is 23.9 Å². The normalized spacial score (nSPS) is 14.9. The molecule has 1 saturated carbocycles. The molecule has 0 bridgehead atoms. The summed E-state index contributed by atoms with van der Waals surface area (Å²) < 4.78 is 23.3. The molecule has 0 amide bonds. The van der Waals surface area contributed by atoms with Crippen molar-refractivity contribution in [3.8, 4) is 16.9 Å². The minimum Gasteiger partial charge on any atom is -0.487 e. The molecule has 30 heavy (non-hydrogen) atoms. The highest BCUT2D eigenvalue weighted by Gasteiger charge is 2.21. The number of benzene rings is 2. The average Bonchev–Trinajstić information content (AvgIpc) is 3.17. The van der Waals surface area contributed by atoms with E-state index in [1.165, 1.54) is 12.5 Å². The number of hydrogen-bond donors (Lipinski definition) is 1. The minimum absolute atomic E-state index is 0.0171. The molecule has 1 heterocycles. The average molecular weight is 410 g/mol. The molecule has 0 aliphatic heterocycles. The second-order valence-corrected chi connectivity index (χ2v) is 7.96. The highest BCUT2D eigenvalue weighted by molar-refractivity contribution is 5.86. The Labute approximate surface area is 175 Å². The molecule has 0 unspecified atom stereocenters. The topological polar surface area (TPSA) is 64.4 Å². The molecule has 4 rings (SSSR count). The van der Waals surface area contributed by atoms with Crippen LogP contribution in [0.5, 0.6) is 5.75 Å². The third-order valence-electron chi connectivity index (χ3n) is 5.82.